The Morgan fingerprint density at radius 3 is 2.35 bits per heavy atom. The van der Waals surface area contributed by atoms with Crippen LogP contribution in [-0.4, -0.2) is 17.2 Å². The van der Waals surface area contributed by atoms with E-state index in [0.717, 1.165) is 7.11 Å². The number of alkyl halides is 5. The van der Waals surface area contributed by atoms with Crippen molar-refractivity contribution in [2.24, 2.45) is 0 Å². The average molecular weight is 257 g/mol. The fourth-order valence-electron chi connectivity index (χ4n) is 1.35. The second kappa shape index (κ2) is 4.82. The highest BCUT2D eigenvalue weighted by molar-refractivity contribution is 5.42. The van der Waals surface area contributed by atoms with Crippen molar-refractivity contribution in [2.75, 3.05) is 7.11 Å². The van der Waals surface area contributed by atoms with Gasteiger partial charge in [-0.25, -0.2) is 13.8 Å². The Hall–Kier alpha value is -1.44. The van der Waals surface area contributed by atoms with Crippen LogP contribution in [0.25, 0.3) is 0 Å². The summed E-state index contributed by atoms with van der Waals surface area (Å²) in [4.78, 5) is 3.16. The van der Waals surface area contributed by atoms with Gasteiger partial charge in [0.05, 0.1) is 13.7 Å². The van der Waals surface area contributed by atoms with Gasteiger partial charge in [-0.15, -0.1) is 0 Å². The molecule has 0 saturated carbocycles. The standard InChI is InChI=1S/C9H8F5NO2/c1-17-8-6(9(12,13)14)5(3-16)4(2-15-8)7(10)11/h2,7,16H,3H2,1H3. The lowest BCUT2D eigenvalue weighted by Gasteiger charge is -2.17. The van der Waals surface area contributed by atoms with Gasteiger partial charge in [-0.3, -0.25) is 0 Å². The van der Waals surface area contributed by atoms with Crippen molar-refractivity contribution in [3.63, 3.8) is 0 Å². The second-order valence-electron chi connectivity index (χ2n) is 3.03. The third-order valence-corrected chi connectivity index (χ3v) is 2.06. The van der Waals surface area contributed by atoms with Gasteiger partial charge in [0.15, 0.2) is 0 Å². The fraction of sp³-hybridized carbons (Fsp3) is 0.444. The molecular formula is C9H8F5NO2. The minimum atomic E-state index is -4.93. The number of aliphatic hydroxyl groups excluding tert-OH is 1. The van der Waals surface area contributed by atoms with E-state index in [0.29, 0.717) is 6.20 Å². The molecule has 8 heteroatoms. The summed E-state index contributed by atoms with van der Waals surface area (Å²) in [6.45, 7) is -1.17. The highest BCUT2D eigenvalue weighted by Crippen LogP contribution is 2.40. The highest BCUT2D eigenvalue weighted by Gasteiger charge is 2.39. The van der Waals surface area contributed by atoms with E-state index >= 15 is 0 Å². The van der Waals surface area contributed by atoms with Crippen LogP contribution < -0.4 is 4.74 Å². The average Bonchev–Trinajstić information content (AvgIpc) is 2.25. The Bertz CT molecular complexity index is 405. The van der Waals surface area contributed by atoms with Crippen LogP contribution in [0.3, 0.4) is 0 Å². The number of aliphatic hydroxyl groups is 1. The maximum absolute atomic E-state index is 12.7. The molecule has 0 radical (unpaired) electrons. The van der Waals surface area contributed by atoms with Gasteiger partial charge in [0.1, 0.15) is 5.56 Å². The van der Waals surface area contributed by atoms with Crippen molar-refractivity contribution in [1.29, 1.82) is 0 Å². The van der Waals surface area contributed by atoms with Crippen LogP contribution in [0.5, 0.6) is 5.88 Å². The topological polar surface area (TPSA) is 42.4 Å². The zero-order valence-electron chi connectivity index (χ0n) is 8.55. The number of ether oxygens (including phenoxy) is 1. The molecular weight excluding hydrogens is 249 g/mol. The van der Waals surface area contributed by atoms with Crippen molar-refractivity contribution in [3.8, 4) is 5.88 Å². The maximum atomic E-state index is 12.7. The lowest BCUT2D eigenvalue weighted by Crippen LogP contribution is -2.15. The van der Waals surface area contributed by atoms with Gasteiger partial charge in [0.25, 0.3) is 6.43 Å². The monoisotopic (exact) mass is 257 g/mol. The van der Waals surface area contributed by atoms with Gasteiger partial charge in [-0.05, 0) is 0 Å². The Labute approximate surface area is 92.8 Å². The molecule has 0 aliphatic carbocycles. The summed E-state index contributed by atoms with van der Waals surface area (Å²) < 4.78 is 67.2. The van der Waals surface area contributed by atoms with Crippen molar-refractivity contribution >= 4 is 0 Å². The van der Waals surface area contributed by atoms with Gasteiger partial charge < -0.3 is 9.84 Å². The number of hydrogen-bond donors (Lipinski definition) is 1. The first-order valence-electron chi connectivity index (χ1n) is 4.34. The van der Waals surface area contributed by atoms with E-state index in [1.807, 2.05) is 0 Å². The molecule has 0 fully saturated rings. The number of nitrogens with zero attached hydrogens (tertiary/aromatic N) is 1. The van der Waals surface area contributed by atoms with Crippen molar-refractivity contribution in [1.82, 2.24) is 4.98 Å². The van der Waals surface area contributed by atoms with E-state index in [1.54, 1.807) is 0 Å². The minimum Gasteiger partial charge on any atom is -0.481 e. The minimum absolute atomic E-state index is 0.560. The van der Waals surface area contributed by atoms with E-state index < -0.39 is 41.8 Å². The van der Waals surface area contributed by atoms with E-state index in [9.17, 15) is 22.0 Å². The van der Waals surface area contributed by atoms with Crippen LogP contribution in [0.1, 0.15) is 23.1 Å². The lowest BCUT2D eigenvalue weighted by molar-refractivity contribution is -0.140. The quantitative estimate of drug-likeness (QED) is 0.846. The summed E-state index contributed by atoms with van der Waals surface area (Å²) in [7, 11) is 0.931. The number of methoxy groups -OCH3 is 1. The zero-order valence-corrected chi connectivity index (χ0v) is 8.55. The van der Waals surface area contributed by atoms with Crippen LogP contribution in [0, 0.1) is 0 Å². The summed E-state index contributed by atoms with van der Waals surface area (Å²) in [5.74, 6) is -0.842. The van der Waals surface area contributed by atoms with Gasteiger partial charge in [-0.2, -0.15) is 13.2 Å². The molecule has 0 spiro atoms. The summed E-state index contributed by atoms with van der Waals surface area (Å²) in [5, 5.41) is 8.81. The molecule has 0 amide bonds. The first kappa shape index (κ1) is 13.6. The molecule has 1 aromatic heterocycles. The molecule has 0 bridgehead atoms. The smallest absolute Gasteiger partial charge is 0.421 e. The molecule has 0 aliphatic heterocycles. The van der Waals surface area contributed by atoms with Crippen molar-refractivity contribution in [3.05, 3.63) is 22.9 Å². The Kier molecular flexibility index (Phi) is 3.87. The van der Waals surface area contributed by atoms with Crippen molar-refractivity contribution < 1.29 is 31.8 Å². The number of halogens is 5. The van der Waals surface area contributed by atoms with E-state index in [2.05, 4.69) is 9.72 Å². The largest absolute Gasteiger partial charge is 0.481 e. The van der Waals surface area contributed by atoms with E-state index in [1.165, 1.54) is 0 Å². The number of rotatable bonds is 3. The van der Waals surface area contributed by atoms with Crippen LogP contribution in [0.2, 0.25) is 0 Å². The molecule has 17 heavy (non-hydrogen) atoms. The molecule has 96 valence electrons. The number of pyridine rings is 1. The molecule has 0 aromatic carbocycles. The molecule has 0 unspecified atom stereocenters. The molecule has 1 N–H and O–H groups in total. The first-order chi connectivity index (χ1) is 7.82. The molecule has 0 aliphatic rings. The normalized spacial score (nSPS) is 12.0. The summed E-state index contributed by atoms with van der Waals surface area (Å²) >= 11 is 0. The fourth-order valence-corrected chi connectivity index (χ4v) is 1.35. The van der Waals surface area contributed by atoms with Gasteiger partial charge in [-0.1, -0.05) is 0 Å². The van der Waals surface area contributed by atoms with Crippen LogP contribution in [0.15, 0.2) is 6.20 Å². The van der Waals surface area contributed by atoms with E-state index in [4.69, 9.17) is 5.11 Å². The third kappa shape index (κ3) is 2.63. The molecule has 1 aromatic rings. The zero-order chi connectivity index (χ0) is 13.2. The lowest BCUT2D eigenvalue weighted by atomic mass is 10.0. The van der Waals surface area contributed by atoms with Crippen LogP contribution >= 0.6 is 0 Å². The van der Waals surface area contributed by atoms with Crippen LogP contribution in [-0.2, 0) is 12.8 Å². The SMILES string of the molecule is COc1ncc(C(F)F)c(CO)c1C(F)(F)F. The molecule has 0 atom stereocenters. The summed E-state index contributed by atoms with van der Waals surface area (Å²) in [6, 6.07) is 0. The van der Waals surface area contributed by atoms with E-state index in [-0.39, 0.29) is 0 Å². The van der Waals surface area contributed by atoms with Gasteiger partial charge >= 0.3 is 6.18 Å². The molecule has 1 heterocycles. The van der Waals surface area contributed by atoms with Gasteiger partial charge in [0.2, 0.25) is 5.88 Å². The third-order valence-electron chi connectivity index (χ3n) is 2.06. The summed E-state index contributed by atoms with van der Waals surface area (Å²) in [6.07, 6.45) is -7.53. The maximum Gasteiger partial charge on any atom is 0.421 e. The first-order valence-corrected chi connectivity index (χ1v) is 4.34. The van der Waals surface area contributed by atoms with Crippen LogP contribution in [0.4, 0.5) is 22.0 Å². The Balaban J connectivity index is 3.55. The predicted octanol–water partition coefficient (Wildman–Crippen LogP) is 2.54. The van der Waals surface area contributed by atoms with Crippen molar-refractivity contribution in [2.45, 2.75) is 19.2 Å². The Morgan fingerprint density at radius 1 is 1.41 bits per heavy atom. The number of hydrogen-bond acceptors (Lipinski definition) is 3. The highest BCUT2D eigenvalue weighted by atomic mass is 19.4. The molecule has 0 saturated heterocycles. The predicted molar refractivity (Wildman–Crippen MR) is 46.7 cm³/mol. The second-order valence-corrected chi connectivity index (χ2v) is 3.03. The molecule has 3 nitrogen and oxygen atoms in total. The number of aromatic nitrogens is 1. The Morgan fingerprint density at radius 2 is 2.00 bits per heavy atom. The summed E-state index contributed by atoms with van der Waals surface area (Å²) in [5.41, 5.74) is -3.35. The van der Waals surface area contributed by atoms with Gasteiger partial charge in [0, 0.05) is 17.3 Å². The molecule has 1 rings (SSSR count).